The van der Waals surface area contributed by atoms with E-state index in [-0.39, 0.29) is 5.62 Å². The first-order valence-corrected chi connectivity index (χ1v) is 5.68. The quantitative estimate of drug-likeness (QED) is 0.612. The zero-order chi connectivity index (χ0) is 12.8. The topological polar surface area (TPSA) is 94.1 Å². The van der Waals surface area contributed by atoms with E-state index in [0.29, 0.717) is 18.0 Å². The number of aromatic amines is 2. The van der Waals surface area contributed by atoms with Crippen molar-refractivity contribution in [1.29, 1.82) is 5.41 Å². The molecular weight excluding hydrogens is 222 g/mol. The number of hydrogen-bond donors (Lipinski definition) is 4. The van der Waals surface area contributed by atoms with Crippen LogP contribution in [0.1, 0.15) is 39.1 Å². The summed E-state index contributed by atoms with van der Waals surface area (Å²) in [5, 5.41) is 18.1. The van der Waals surface area contributed by atoms with Gasteiger partial charge in [0.1, 0.15) is 5.60 Å². The van der Waals surface area contributed by atoms with Gasteiger partial charge >= 0.3 is 0 Å². The number of nitrogens with one attached hydrogen (secondary N) is 3. The van der Waals surface area contributed by atoms with Crippen LogP contribution < -0.4 is 5.62 Å². The summed E-state index contributed by atoms with van der Waals surface area (Å²) in [6.45, 7) is 7.65. The van der Waals surface area contributed by atoms with Crippen LogP contribution in [0.3, 0.4) is 0 Å². The first-order chi connectivity index (χ1) is 7.79. The summed E-state index contributed by atoms with van der Waals surface area (Å²) < 4.78 is 11.2. The number of H-pyrrole nitrogens is 2. The number of ether oxygens (including phenoxy) is 2. The van der Waals surface area contributed by atoms with Crippen molar-refractivity contribution in [3.8, 4) is 0 Å². The number of hydrogen-bond acceptors (Lipinski definition) is 4. The van der Waals surface area contributed by atoms with Gasteiger partial charge in [-0.3, -0.25) is 5.41 Å². The molecule has 0 saturated heterocycles. The average Bonchev–Trinajstić information content (AvgIpc) is 2.59. The largest absolute Gasteiger partial charge is 0.378 e. The van der Waals surface area contributed by atoms with Crippen LogP contribution in [0.2, 0.25) is 0 Å². The van der Waals surface area contributed by atoms with Crippen molar-refractivity contribution < 1.29 is 14.6 Å². The van der Waals surface area contributed by atoms with Crippen LogP contribution in [-0.4, -0.2) is 28.0 Å². The summed E-state index contributed by atoms with van der Waals surface area (Å²) in [5.41, 5.74) is -0.547. The SMILES string of the molecule is CCOC1OC(C)(C)c2[nH]c(=N)[nH]c2C1(C)O. The van der Waals surface area contributed by atoms with Gasteiger partial charge in [0.05, 0.1) is 11.4 Å². The van der Waals surface area contributed by atoms with Crippen molar-refractivity contribution in [1.82, 2.24) is 9.97 Å². The number of aromatic nitrogens is 2. The molecule has 0 spiro atoms. The summed E-state index contributed by atoms with van der Waals surface area (Å²) in [6, 6.07) is 0. The van der Waals surface area contributed by atoms with Crippen molar-refractivity contribution in [2.24, 2.45) is 0 Å². The Morgan fingerprint density at radius 1 is 1.35 bits per heavy atom. The lowest BCUT2D eigenvalue weighted by molar-refractivity contribution is -0.291. The lowest BCUT2D eigenvalue weighted by Gasteiger charge is -2.43. The normalized spacial score (nSPS) is 31.2. The Hall–Kier alpha value is -1.11. The summed E-state index contributed by atoms with van der Waals surface area (Å²) in [6.07, 6.45) is -0.749. The van der Waals surface area contributed by atoms with Crippen LogP contribution in [0.15, 0.2) is 0 Å². The highest BCUT2D eigenvalue weighted by Crippen LogP contribution is 2.41. The van der Waals surface area contributed by atoms with E-state index in [2.05, 4.69) is 9.97 Å². The van der Waals surface area contributed by atoms with Crippen molar-refractivity contribution in [2.45, 2.75) is 45.2 Å². The maximum absolute atomic E-state index is 10.5. The molecule has 0 aromatic carbocycles. The van der Waals surface area contributed by atoms with E-state index in [1.807, 2.05) is 20.8 Å². The smallest absolute Gasteiger partial charge is 0.197 e. The van der Waals surface area contributed by atoms with Crippen molar-refractivity contribution >= 4 is 0 Å². The predicted octanol–water partition coefficient (Wildman–Crippen LogP) is 0.658. The third kappa shape index (κ3) is 1.82. The van der Waals surface area contributed by atoms with Crippen LogP contribution in [-0.2, 0) is 20.7 Å². The minimum atomic E-state index is -1.29. The van der Waals surface area contributed by atoms with Crippen LogP contribution in [0.5, 0.6) is 0 Å². The van der Waals surface area contributed by atoms with Gasteiger partial charge < -0.3 is 24.5 Å². The van der Waals surface area contributed by atoms with Gasteiger partial charge in [0.2, 0.25) is 0 Å². The molecule has 1 aliphatic heterocycles. The maximum Gasteiger partial charge on any atom is 0.197 e. The fourth-order valence-corrected chi connectivity index (χ4v) is 2.14. The van der Waals surface area contributed by atoms with Gasteiger partial charge in [-0.1, -0.05) is 0 Å². The predicted molar refractivity (Wildman–Crippen MR) is 60.1 cm³/mol. The third-order valence-electron chi connectivity index (χ3n) is 3.04. The van der Waals surface area contributed by atoms with E-state index in [0.717, 1.165) is 0 Å². The molecule has 6 heteroatoms. The number of imidazole rings is 1. The minimum Gasteiger partial charge on any atom is -0.378 e. The van der Waals surface area contributed by atoms with Crippen LogP contribution in [0.25, 0.3) is 0 Å². The fraction of sp³-hybridized carbons (Fsp3) is 0.727. The van der Waals surface area contributed by atoms with Gasteiger partial charge in [-0.2, -0.15) is 0 Å². The molecule has 2 rings (SSSR count). The van der Waals surface area contributed by atoms with Crippen LogP contribution in [0, 0.1) is 5.41 Å². The third-order valence-corrected chi connectivity index (χ3v) is 3.04. The van der Waals surface area contributed by atoms with E-state index in [9.17, 15) is 5.11 Å². The number of aliphatic hydroxyl groups is 1. The van der Waals surface area contributed by atoms with E-state index in [1.165, 1.54) is 0 Å². The van der Waals surface area contributed by atoms with Gasteiger partial charge in [-0.25, -0.2) is 0 Å². The standard InChI is InChI=1S/C11H19N3O3/c1-5-16-8-11(4,15)7-6(10(2,3)17-8)13-9(12)14-7/h8,15H,5H2,1-4H3,(H3,12,13,14). The highest BCUT2D eigenvalue weighted by molar-refractivity contribution is 5.27. The van der Waals surface area contributed by atoms with E-state index < -0.39 is 17.5 Å². The molecule has 0 radical (unpaired) electrons. The van der Waals surface area contributed by atoms with Gasteiger partial charge in [0.25, 0.3) is 0 Å². The summed E-state index contributed by atoms with van der Waals surface area (Å²) in [4.78, 5) is 5.71. The van der Waals surface area contributed by atoms with Crippen LogP contribution >= 0.6 is 0 Å². The molecule has 1 aromatic heterocycles. The molecule has 6 nitrogen and oxygen atoms in total. The van der Waals surface area contributed by atoms with Gasteiger partial charge in [0.15, 0.2) is 17.5 Å². The second-order valence-electron chi connectivity index (χ2n) is 4.94. The molecule has 4 N–H and O–H groups in total. The molecule has 2 heterocycles. The number of rotatable bonds is 2. The Morgan fingerprint density at radius 2 is 1.94 bits per heavy atom. The molecule has 1 aromatic rings. The highest BCUT2D eigenvalue weighted by Gasteiger charge is 2.49. The molecule has 0 aliphatic carbocycles. The number of fused-ring (bicyclic) bond motifs is 1. The van der Waals surface area contributed by atoms with Crippen molar-refractivity contribution in [3.05, 3.63) is 17.0 Å². The zero-order valence-electron chi connectivity index (χ0n) is 10.5. The molecule has 2 unspecified atom stereocenters. The Bertz CT molecular complexity index is 473. The zero-order valence-corrected chi connectivity index (χ0v) is 10.5. The second kappa shape index (κ2) is 3.69. The van der Waals surface area contributed by atoms with E-state index >= 15 is 0 Å². The molecule has 0 fully saturated rings. The Kier molecular flexibility index (Phi) is 2.68. The van der Waals surface area contributed by atoms with Gasteiger partial charge in [0, 0.05) is 6.61 Å². The molecule has 0 bridgehead atoms. The molecule has 0 amide bonds. The molecule has 96 valence electrons. The summed E-state index contributed by atoms with van der Waals surface area (Å²) in [7, 11) is 0. The lowest BCUT2D eigenvalue weighted by atomic mass is 9.89. The van der Waals surface area contributed by atoms with Crippen LogP contribution in [0.4, 0.5) is 0 Å². The molecule has 0 saturated carbocycles. The van der Waals surface area contributed by atoms with Gasteiger partial charge in [-0.15, -0.1) is 0 Å². The molecule has 2 atom stereocenters. The summed E-state index contributed by atoms with van der Waals surface area (Å²) >= 11 is 0. The second-order valence-corrected chi connectivity index (χ2v) is 4.94. The maximum atomic E-state index is 10.5. The van der Waals surface area contributed by atoms with Crippen molar-refractivity contribution in [2.75, 3.05) is 6.61 Å². The Labute approximate surface area is 99.5 Å². The lowest BCUT2D eigenvalue weighted by Crippen LogP contribution is -2.50. The fourth-order valence-electron chi connectivity index (χ4n) is 2.14. The Balaban J connectivity index is 2.55. The van der Waals surface area contributed by atoms with Crippen molar-refractivity contribution in [3.63, 3.8) is 0 Å². The monoisotopic (exact) mass is 241 g/mol. The molecule has 1 aliphatic rings. The highest BCUT2D eigenvalue weighted by atomic mass is 16.7. The Morgan fingerprint density at radius 3 is 2.53 bits per heavy atom. The average molecular weight is 241 g/mol. The molecular formula is C11H19N3O3. The minimum absolute atomic E-state index is 0.143. The first-order valence-electron chi connectivity index (χ1n) is 5.68. The molecule has 17 heavy (non-hydrogen) atoms. The first kappa shape index (κ1) is 12.3. The van der Waals surface area contributed by atoms with E-state index in [4.69, 9.17) is 14.9 Å². The van der Waals surface area contributed by atoms with Gasteiger partial charge in [-0.05, 0) is 27.7 Å². The summed E-state index contributed by atoms with van der Waals surface area (Å²) in [5.74, 6) is 0. The van der Waals surface area contributed by atoms with E-state index in [1.54, 1.807) is 6.92 Å².